The number of fused-ring (bicyclic) bond motifs is 14. The fourth-order valence-corrected chi connectivity index (χ4v) is 13.0. The van der Waals surface area contributed by atoms with Gasteiger partial charge >= 0.3 is 0 Å². The minimum atomic E-state index is -3.87. The van der Waals surface area contributed by atoms with Crippen LogP contribution >= 0.6 is 0 Å². The summed E-state index contributed by atoms with van der Waals surface area (Å²) in [5.41, 5.74) is 0.571. The highest BCUT2D eigenvalue weighted by atomic mass is 32.2. The van der Waals surface area contributed by atoms with Gasteiger partial charge in [-0.05, 0) is 65.5 Å². The molecular weight excluding hydrogens is 1080 g/mol. The molecule has 26 heteroatoms. The number of amides is 2. The van der Waals surface area contributed by atoms with E-state index in [0.29, 0.717) is 63.0 Å². The van der Waals surface area contributed by atoms with Gasteiger partial charge in [-0.25, -0.2) is 35.0 Å². The highest BCUT2D eigenvalue weighted by Crippen LogP contribution is 2.43. The van der Waals surface area contributed by atoms with E-state index in [1.165, 1.54) is 64.7 Å². The normalized spacial score (nSPS) is 20.2. The third kappa shape index (κ3) is 10.4. The summed E-state index contributed by atoms with van der Waals surface area (Å²) in [6, 6.07) is 7.40. The van der Waals surface area contributed by atoms with Crippen LogP contribution in [0.5, 0.6) is 23.0 Å². The predicted octanol–water partition coefficient (Wildman–Crippen LogP) is 5.85. The fourth-order valence-electron chi connectivity index (χ4n) is 10.6. The summed E-state index contributed by atoms with van der Waals surface area (Å²) >= 11 is 0. The van der Waals surface area contributed by atoms with Crippen molar-refractivity contribution in [2.75, 3.05) is 87.8 Å². The summed E-state index contributed by atoms with van der Waals surface area (Å²) in [5, 5.41) is 9.20. The van der Waals surface area contributed by atoms with Crippen LogP contribution < -0.4 is 38.7 Å². The van der Waals surface area contributed by atoms with Crippen molar-refractivity contribution < 1.29 is 54.2 Å². The van der Waals surface area contributed by atoms with Gasteiger partial charge in [0.25, 0.3) is 22.9 Å². The Morgan fingerprint density at radius 3 is 1.36 bits per heavy atom. The SMILES string of the molecule is CCN1C[C@H](C)n2c(c(OC)c3c(=O)n4nc(c32)N(C)S(=O)(=O)CCC/C=C/COc2cc(F)ccc2C4)C1=O.CCN1C[C@H](C)n2c(c(OC)c3c(=O)n4nc(c32)N(C)S(=O)(=O)CCC/C=C\COc2cc(F)ccc2C4)C1=O. The Bertz CT molecular complexity index is 3600. The molecule has 0 aliphatic carbocycles. The minimum Gasteiger partial charge on any atom is -0.493 e. The van der Waals surface area contributed by atoms with Crippen LogP contribution in [0.4, 0.5) is 20.4 Å². The first kappa shape index (κ1) is 57.0. The molecule has 0 saturated heterocycles. The Morgan fingerprint density at radius 2 is 1.00 bits per heavy atom. The third-order valence-electron chi connectivity index (χ3n) is 14.8. The number of halogens is 2. The Labute approximate surface area is 461 Å². The minimum absolute atomic E-state index is 0.00116. The van der Waals surface area contributed by atoms with Crippen LogP contribution in [0.2, 0.25) is 0 Å². The number of ether oxygens (including phenoxy) is 4. The molecule has 0 radical (unpaired) electrons. The van der Waals surface area contributed by atoms with Gasteiger partial charge in [-0.15, -0.1) is 10.2 Å². The lowest BCUT2D eigenvalue weighted by atomic mass is 10.2. The number of nitrogens with zero attached hydrogens (tertiary/aromatic N) is 10. The van der Waals surface area contributed by atoms with Crippen LogP contribution in [0.25, 0.3) is 21.8 Å². The molecule has 2 atom stereocenters. The Balaban J connectivity index is 0.000000194. The maximum Gasteiger partial charge on any atom is 0.280 e. The zero-order valence-electron chi connectivity index (χ0n) is 45.8. The molecule has 0 spiro atoms. The van der Waals surface area contributed by atoms with E-state index in [-0.39, 0.29) is 130 Å². The molecule has 8 heterocycles. The molecule has 4 bridgehead atoms. The standard InChI is InChI=1S/2C27H32FN5O6S/c2*1-5-31-15-17(2)33-22-21(24(38-4)23(33)27(31)35)26(34)32-16-18-10-11-19(28)14-20(18)39-12-8-6-7-9-13-40(36,37)30(3)25(22)29-32/h2*6,8,10-11,14,17H,5,7,9,12-13,15-16H2,1-4H3/b8-6+;8-6-/t2*17-/m00/s1. The second-order valence-corrected chi connectivity index (χ2v) is 24.1. The Kier molecular flexibility index (Phi) is 16.2. The van der Waals surface area contributed by atoms with Crippen molar-refractivity contribution in [3.8, 4) is 23.0 Å². The molecule has 0 N–H and O–H groups in total. The summed E-state index contributed by atoms with van der Waals surface area (Å²) in [4.78, 5) is 58.4. The largest absolute Gasteiger partial charge is 0.493 e. The molecule has 2 amide bonds. The number of methoxy groups -OCH3 is 2. The maximum atomic E-state index is 14.1. The van der Waals surface area contributed by atoms with Gasteiger partial charge in [0.05, 0.1) is 38.8 Å². The number of carbonyl (C=O) groups excluding carboxylic acids is 2. The number of carbonyl (C=O) groups is 2. The summed E-state index contributed by atoms with van der Waals surface area (Å²) in [5.74, 6) is -1.36. The lowest BCUT2D eigenvalue weighted by Gasteiger charge is -2.33. The lowest BCUT2D eigenvalue weighted by molar-refractivity contribution is 0.0678. The first-order valence-electron chi connectivity index (χ1n) is 26.3. The van der Waals surface area contributed by atoms with Crippen LogP contribution in [-0.2, 0) is 33.1 Å². The van der Waals surface area contributed by atoms with Crippen LogP contribution in [0.1, 0.15) is 97.6 Å². The summed E-state index contributed by atoms with van der Waals surface area (Å²) in [6.45, 7) is 9.19. The average molecular weight is 1150 g/mol. The predicted molar refractivity (Wildman–Crippen MR) is 297 cm³/mol. The van der Waals surface area contributed by atoms with Crippen molar-refractivity contribution in [1.29, 1.82) is 0 Å². The number of aromatic nitrogens is 6. The van der Waals surface area contributed by atoms with Crippen molar-refractivity contribution in [1.82, 2.24) is 38.5 Å². The summed E-state index contributed by atoms with van der Waals surface area (Å²) < 4.78 is 113. The highest BCUT2D eigenvalue weighted by molar-refractivity contribution is 7.93. The second kappa shape index (κ2) is 22.8. The first-order chi connectivity index (χ1) is 38.2. The fraction of sp³-hybridized carbons (Fsp3) is 0.444. The molecule has 2 aromatic carbocycles. The number of likely N-dealkylation sites (N-methyl/N-ethyl adjacent to an activating group) is 2. The molecule has 4 aromatic heterocycles. The van der Waals surface area contributed by atoms with E-state index in [9.17, 15) is 44.8 Å². The van der Waals surface area contributed by atoms with Crippen LogP contribution in [0, 0.1) is 11.6 Å². The number of benzene rings is 2. The molecule has 4 aliphatic heterocycles. The maximum absolute atomic E-state index is 14.1. The van der Waals surface area contributed by atoms with E-state index in [4.69, 9.17) is 18.9 Å². The zero-order chi connectivity index (χ0) is 57.5. The van der Waals surface area contributed by atoms with Gasteiger partial charge < -0.3 is 37.9 Å². The van der Waals surface area contributed by atoms with E-state index in [0.717, 1.165) is 18.0 Å². The van der Waals surface area contributed by atoms with Crippen molar-refractivity contribution in [3.63, 3.8) is 0 Å². The van der Waals surface area contributed by atoms with Crippen LogP contribution in [0.3, 0.4) is 0 Å². The molecule has 22 nitrogen and oxygen atoms in total. The van der Waals surface area contributed by atoms with Gasteiger partial charge in [-0.3, -0.25) is 27.8 Å². The number of allylic oxidation sites excluding steroid dienone is 2. The number of hydrogen-bond donors (Lipinski definition) is 0. The molecule has 80 heavy (non-hydrogen) atoms. The third-order valence-corrected chi connectivity index (χ3v) is 18.4. The van der Waals surface area contributed by atoms with E-state index in [1.54, 1.807) is 31.1 Å². The number of rotatable bonds is 4. The number of hydrogen-bond acceptors (Lipinski definition) is 14. The zero-order valence-corrected chi connectivity index (χ0v) is 47.4. The second-order valence-electron chi connectivity index (χ2n) is 19.8. The van der Waals surface area contributed by atoms with Crippen molar-refractivity contribution in [2.24, 2.45) is 0 Å². The van der Waals surface area contributed by atoms with Gasteiger partial charge in [0, 0.05) is 75.6 Å². The molecule has 0 saturated carbocycles. The van der Waals surface area contributed by atoms with Crippen molar-refractivity contribution in [2.45, 2.75) is 78.6 Å². The summed E-state index contributed by atoms with van der Waals surface area (Å²) in [6.07, 6.45) is 8.78. The van der Waals surface area contributed by atoms with Gasteiger partial charge in [0.1, 0.15) is 58.2 Å². The molecule has 0 fully saturated rings. The number of anilines is 2. The summed E-state index contributed by atoms with van der Waals surface area (Å²) in [7, 11) is -2.20. The Morgan fingerprint density at radius 1 is 0.613 bits per heavy atom. The van der Waals surface area contributed by atoms with Gasteiger partial charge in [0.2, 0.25) is 20.0 Å². The Hall–Kier alpha value is -7.74. The average Bonchev–Trinajstić information content (AvgIpc) is 4.19. The monoisotopic (exact) mass is 1150 g/mol. The smallest absolute Gasteiger partial charge is 0.280 e. The quantitative estimate of drug-likeness (QED) is 0.189. The molecule has 0 unspecified atom stereocenters. The molecular formula is C54H64F2N10O12S2. The van der Waals surface area contributed by atoms with E-state index in [2.05, 4.69) is 10.2 Å². The lowest BCUT2D eigenvalue weighted by Crippen LogP contribution is -2.42. The number of sulfonamides is 2. The van der Waals surface area contributed by atoms with Crippen molar-refractivity contribution in [3.05, 3.63) is 116 Å². The van der Waals surface area contributed by atoms with E-state index >= 15 is 0 Å². The molecule has 10 rings (SSSR count). The van der Waals surface area contributed by atoms with Crippen molar-refractivity contribution >= 4 is 65.3 Å². The van der Waals surface area contributed by atoms with E-state index in [1.807, 2.05) is 39.8 Å². The molecule has 4 aliphatic rings. The van der Waals surface area contributed by atoms with Gasteiger partial charge in [0.15, 0.2) is 34.5 Å². The van der Waals surface area contributed by atoms with Crippen LogP contribution in [0.15, 0.2) is 70.3 Å². The highest BCUT2D eigenvalue weighted by Gasteiger charge is 2.41. The van der Waals surface area contributed by atoms with Crippen LogP contribution in [-0.4, -0.2) is 146 Å². The molecule has 428 valence electrons. The van der Waals surface area contributed by atoms with E-state index < -0.39 is 42.8 Å². The molecule has 6 aromatic rings. The van der Waals surface area contributed by atoms with Gasteiger partial charge in [-0.2, -0.15) is 0 Å². The topological polar surface area (TPSA) is 232 Å². The first-order valence-corrected chi connectivity index (χ1v) is 29.5. The van der Waals surface area contributed by atoms with Gasteiger partial charge in [-0.1, -0.05) is 36.4 Å².